The Hall–Kier alpha value is -4.49. The summed E-state index contributed by atoms with van der Waals surface area (Å²) >= 11 is 0. The number of rotatable bonds is 18. The second-order valence-corrected chi connectivity index (χ2v) is 13.7. The summed E-state index contributed by atoms with van der Waals surface area (Å²) in [7, 11) is 1.49. The van der Waals surface area contributed by atoms with Gasteiger partial charge in [-0.15, -0.1) is 0 Å². The molecule has 58 heavy (non-hydrogen) atoms. The quantitative estimate of drug-likeness (QED) is 0.0585. The van der Waals surface area contributed by atoms with Crippen LogP contribution in [0.3, 0.4) is 0 Å². The molecule has 14 heteroatoms. The average molecular weight is 823 g/mol. The van der Waals surface area contributed by atoms with Crippen molar-refractivity contribution in [2.75, 3.05) is 26.7 Å². The molecule has 0 radical (unpaired) electrons. The molecule has 14 nitrogen and oxygen atoms in total. The first-order valence-corrected chi connectivity index (χ1v) is 21.5. The monoisotopic (exact) mass is 823 g/mol. The van der Waals surface area contributed by atoms with Crippen LogP contribution in [-0.2, 0) is 33.5 Å². The number of hydrogen-bond donors (Lipinski definition) is 5. The summed E-state index contributed by atoms with van der Waals surface area (Å²) in [5.74, 6) is -3.31. The van der Waals surface area contributed by atoms with Gasteiger partial charge in [-0.05, 0) is 52.5 Å². The molecule has 5 N–H and O–H groups in total. The zero-order valence-electron chi connectivity index (χ0n) is 38.6. The number of amides is 6. The molecular formula is C44H82N6O8. The molecule has 3 unspecified atom stereocenters. The Bertz CT molecular complexity index is 1240. The summed E-state index contributed by atoms with van der Waals surface area (Å²) < 4.78 is 5.20. The molecule has 1 aromatic carbocycles. The smallest absolute Gasteiger partial charge is 0.407 e. The molecule has 336 valence electrons. The minimum Gasteiger partial charge on any atom is -0.444 e. The lowest BCUT2D eigenvalue weighted by Crippen LogP contribution is -2.47. The van der Waals surface area contributed by atoms with Crippen LogP contribution in [0.5, 0.6) is 0 Å². The predicted molar refractivity (Wildman–Crippen MR) is 235 cm³/mol. The summed E-state index contributed by atoms with van der Waals surface area (Å²) in [6.45, 7) is 25.6. The molecule has 1 saturated heterocycles. The number of ether oxygens (including phenoxy) is 1. The molecule has 6 amide bonds. The standard InChI is InChI=1S/C21H27N5O6.C14H29NO2.C3H8.3C2H6/c1-22-18(29)10-15(14-6-3-2-4-7-14)25-19(30)12-24-21(32)17(28)11-23-20(31)16-8-5-9-26(16)13-27;1-6-7-8-9-10-11-12(2)15-13(16)17-14(3,4)5;1-3-2;3*1-2/h2-4,6-7,13,15-16H,5,8-12H2,1H3,(H,22,29)(H,23,31)(H,24,32)(H,25,30);12H,6-11H2,1-5H3,(H,15,16);3H2,1-2H3;3*1-2H3. The second-order valence-electron chi connectivity index (χ2n) is 13.7. The van der Waals surface area contributed by atoms with Crippen molar-refractivity contribution >= 4 is 41.9 Å². The summed E-state index contributed by atoms with van der Waals surface area (Å²) in [4.78, 5) is 83.7. The van der Waals surface area contributed by atoms with Gasteiger partial charge in [0.05, 0.1) is 25.6 Å². The highest BCUT2D eigenvalue weighted by Gasteiger charge is 2.30. The zero-order valence-corrected chi connectivity index (χ0v) is 38.6. The molecule has 2 rings (SSSR count). The van der Waals surface area contributed by atoms with E-state index in [9.17, 15) is 33.6 Å². The molecule has 3 atom stereocenters. The van der Waals surface area contributed by atoms with Gasteiger partial charge in [-0.2, -0.15) is 0 Å². The van der Waals surface area contributed by atoms with Crippen LogP contribution in [0, 0.1) is 0 Å². The third-order valence-corrected chi connectivity index (χ3v) is 7.53. The Morgan fingerprint density at radius 3 is 1.91 bits per heavy atom. The SMILES string of the molecule is CC.CC.CC.CCC.CCCCCCCC(C)NC(=O)OC(C)(C)C.CNC(=O)CC(NC(=O)CNC(=O)C(=O)CNC(=O)C1CCCN1C=O)c1ccccc1. The number of alkyl carbamates (subject to hydrolysis) is 1. The molecule has 0 aromatic heterocycles. The number of nitrogens with zero attached hydrogens (tertiary/aromatic N) is 1. The van der Waals surface area contributed by atoms with E-state index in [2.05, 4.69) is 47.4 Å². The number of ketones is 1. The molecule has 0 spiro atoms. The van der Waals surface area contributed by atoms with Crippen molar-refractivity contribution in [3.8, 4) is 0 Å². The minimum atomic E-state index is -1.03. The lowest BCUT2D eigenvalue weighted by atomic mass is 10.0. The van der Waals surface area contributed by atoms with Crippen LogP contribution >= 0.6 is 0 Å². The van der Waals surface area contributed by atoms with Crippen molar-refractivity contribution in [3.05, 3.63) is 35.9 Å². The number of likely N-dealkylation sites (tertiary alicyclic amines) is 1. The number of hydrogen-bond acceptors (Lipinski definition) is 8. The summed E-state index contributed by atoms with van der Waals surface area (Å²) in [5.41, 5.74) is 0.302. The van der Waals surface area contributed by atoms with E-state index in [1.807, 2.05) is 69.2 Å². The molecule has 1 aliphatic rings. The normalized spacial score (nSPS) is 13.3. The van der Waals surface area contributed by atoms with Gasteiger partial charge in [0.15, 0.2) is 0 Å². The Kier molecular flexibility index (Phi) is 40.8. The van der Waals surface area contributed by atoms with Gasteiger partial charge >= 0.3 is 6.09 Å². The van der Waals surface area contributed by atoms with Crippen LogP contribution in [0.4, 0.5) is 4.79 Å². The van der Waals surface area contributed by atoms with E-state index in [4.69, 9.17) is 4.74 Å². The Balaban J connectivity index is -0.000000472. The van der Waals surface area contributed by atoms with Gasteiger partial charge in [0.2, 0.25) is 29.9 Å². The number of Topliss-reactive ketones (excluding diaryl/α,β-unsaturated/α-hetero) is 1. The number of carbonyl (C=O) groups excluding carboxylic acids is 7. The fraction of sp³-hybridized carbons (Fsp3) is 0.705. The van der Waals surface area contributed by atoms with E-state index < -0.39 is 54.3 Å². The van der Waals surface area contributed by atoms with Gasteiger partial charge in [0.1, 0.15) is 11.6 Å². The van der Waals surface area contributed by atoms with Crippen molar-refractivity contribution in [1.82, 2.24) is 31.5 Å². The number of carbonyl (C=O) groups is 7. The van der Waals surface area contributed by atoms with Crippen LogP contribution in [0.2, 0.25) is 0 Å². The van der Waals surface area contributed by atoms with Gasteiger partial charge in [0.25, 0.3) is 5.91 Å². The highest BCUT2D eigenvalue weighted by atomic mass is 16.6. The van der Waals surface area contributed by atoms with E-state index in [0.29, 0.717) is 31.4 Å². The highest BCUT2D eigenvalue weighted by molar-refractivity contribution is 6.37. The minimum absolute atomic E-state index is 0.00410. The largest absolute Gasteiger partial charge is 0.444 e. The van der Waals surface area contributed by atoms with Crippen molar-refractivity contribution in [3.63, 3.8) is 0 Å². The fourth-order valence-electron chi connectivity index (χ4n) is 4.93. The maximum absolute atomic E-state index is 12.3. The molecule has 0 aliphatic carbocycles. The van der Waals surface area contributed by atoms with Gasteiger partial charge in [-0.1, -0.05) is 131 Å². The van der Waals surface area contributed by atoms with Crippen LogP contribution in [0.15, 0.2) is 30.3 Å². The Labute approximate surface area is 351 Å². The zero-order chi connectivity index (χ0) is 45.5. The maximum Gasteiger partial charge on any atom is 0.407 e. The van der Waals surface area contributed by atoms with Gasteiger partial charge in [-0.3, -0.25) is 28.8 Å². The average Bonchev–Trinajstić information content (AvgIpc) is 3.70. The third kappa shape index (κ3) is 32.6. The molecule has 1 aromatic rings. The second kappa shape index (κ2) is 39.3. The van der Waals surface area contributed by atoms with Crippen LogP contribution < -0.4 is 26.6 Å². The van der Waals surface area contributed by atoms with E-state index in [1.165, 1.54) is 50.5 Å². The molecule has 1 heterocycles. The highest BCUT2D eigenvalue weighted by Crippen LogP contribution is 2.17. The van der Waals surface area contributed by atoms with Crippen LogP contribution in [0.25, 0.3) is 0 Å². The Morgan fingerprint density at radius 2 is 1.40 bits per heavy atom. The van der Waals surface area contributed by atoms with Crippen molar-refractivity contribution in [2.24, 2.45) is 0 Å². The van der Waals surface area contributed by atoms with Gasteiger partial charge < -0.3 is 36.2 Å². The third-order valence-electron chi connectivity index (χ3n) is 7.53. The summed E-state index contributed by atoms with van der Waals surface area (Å²) in [6, 6.07) is 7.80. The van der Waals surface area contributed by atoms with Crippen LogP contribution in [-0.4, -0.2) is 91.2 Å². The molecule has 0 bridgehead atoms. The Morgan fingerprint density at radius 1 is 0.828 bits per heavy atom. The lowest BCUT2D eigenvalue weighted by Gasteiger charge is -2.21. The first kappa shape index (κ1) is 60.2. The first-order chi connectivity index (χ1) is 27.6. The molecule has 1 fully saturated rings. The maximum atomic E-state index is 12.3. The van der Waals surface area contributed by atoms with Crippen molar-refractivity contribution in [1.29, 1.82) is 0 Å². The van der Waals surface area contributed by atoms with Gasteiger partial charge in [0, 0.05) is 19.6 Å². The first-order valence-electron chi connectivity index (χ1n) is 21.5. The van der Waals surface area contributed by atoms with Crippen LogP contribution in [0.1, 0.15) is 166 Å². The number of unbranched alkanes of at least 4 members (excludes halogenated alkanes) is 4. The van der Waals surface area contributed by atoms with E-state index in [-0.39, 0.29) is 24.5 Å². The van der Waals surface area contributed by atoms with E-state index >= 15 is 0 Å². The summed E-state index contributed by atoms with van der Waals surface area (Å²) in [5, 5.41) is 12.6. The topological polar surface area (TPSA) is 192 Å². The predicted octanol–water partition coefficient (Wildman–Crippen LogP) is 7.16. The van der Waals surface area contributed by atoms with Crippen molar-refractivity contribution < 1.29 is 38.3 Å². The number of benzene rings is 1. The summed E-state index contributed by atoms with van der Waals surface area (Å²) in [6.07, 6.45) is 10.1. The van der Waals surface area contributed by atoms with E-state index in [1.54, 1.807) is 30.3 Å². The number of nitrogens with one attached hydrogen (secondary N) is 5. The van der Waals surface area contributed by atoms with E-state index in [0.717, 1.165) is 6.42 Å². The lowest BCUT2D eigenvalue weighted by molar-refractivity contribution is -0.139. The molecule has 0 saturated carbocycles. The van der Waals surface area contributed by atoms with Gasteiger partial charge in [-0.25, -0.2) is 4.79 Å². The molecule has 1 aliphatic heterocycles. The fourth-order valence-corrected chi connectivity index (χ4v) is 4.93. The molecular weight excluding hydrogens is 741 g/mol. The van der Waals surface area contributed by atoms with Crippen molar-refractivity contribution in [2.45, 2.75) is 178 Å².